The molecule has 0 radical (unpaired) electrons. The first-order valence-corrected chi connectivity index (χ1v) is 5.96. The van der Waals surface area contributed by atoms with Crippen LogP contribution in [0.5, 0.6) is 0 Å². The lowest BCUT2D eigenvalue weighted by atomic mass is 10.1. The Hall–Kier alpha value is -0.840. The van der Waals surface area contributed by atoms with Gasteiger partial charge in [-0.15, -0.1) is 0 Å². The second-order valence-electron chi connectivity index (χ2n) is 3.34. The van der Waals surface area contributed by atoms with Gasteiger partial charge in [-0.3, -0.25) is 0 Å². The zero-order valence-corrected chi connectivity index (χ0v) is 10.1. The number of rotatable bonds is 2. The van der Waals surface area contributed by atoms with E-state index in [-0.39, 0.29) is 0 Å². The van der Waals surface area contributed by atoms with Crippen molar-refractivity contribution >= 4 is 39.7 Å². The molecule has 3 heteroatoms. The Morgan fingerprint density at radius 1 is 1.50 bits per heavy atom. The minimum Gasteiger partial charge on any atom is -0.357 e. The van der Waals surface area contributed by atoms with E-state index in [0.717, 1.165) is 26.6 Å². The molecule has 0 amide bonds. The number of H-pyrrole nitrogens is 1. The van der Waals surface area contributed by atoms with E-state index in [1.807, 2.05) is 0 Å². The van der Waals surface area contributed by atoms with Gasteiger partial charge >= 0.3 is 0 Å². The van der Waals surface area contributed by atoms with E-state index in [0.29, 0.717) is 0 Å². The molecule has 2 N–H and O–H groups in total. The Morgan fingerprint density at radius 2 is 2.29 bits per heavy atom. The van der Waals surface area contributed by atoms with Crippen LogP contribution in [0, 0.1) is 12.3 Å². The number of fused-ring (bicyclic) bond motifs is 1. The third kappa shape index (κ3) is 1.45. The van der Waals surface area contributed by atoms with Gasteiger partial charge in [0, 0.05) is 32.8 Å². The molecule has 1 aromatic heterocycles. The summed E-state index contributed by atoms with van der Waals surface area (Å²) < 4.78 is 0.913. The highest BCUT2D eigenvalue weighted by molar-refractivity contribution is 14.1. The van der Waals surface area contributed by atoms with Gasteiger partial charge in [0.1, 0.15) is 0 Å². The maximum atomic E-state index is 7.39. The van der Waals surface area contributed by atoms with Gasteiger partial charge in [-0.05, 0) is 18.6 Å². The normalized spacial score (nSPS) is 10.7. The van der Waals surface area contributed by atoms with Crippen molar-refractivity contribution < 1.29 is 0 Å². The molecule has 0 bridgehead atoms. The van der Waals surface area contributed by atoms with E-state index in [1.165, 1.54) is 11.8 Å². The van der Waals surface area contributed by atoms with E-state index >= 15 is 0 Å². The van der Waals surface area contributed by atoms with Crippen molar-refractivity contribution in [3.8, 4) is 0 Å². The fourth-order valence-electron chi connectivity index (χ4n) is 1.66. The Morgan fingerprint density at radius 3 is 2.93 bits per heavy atom. The predicted octanol–water partition coefficient (Wildman–Crippen LogP) is 3.41. The number of benzene rings is 1. The average molecular weight is 298 g/mol. The van der Waals surface area contributed by atoms with Crippen molar-refractivity contribution in [3.05, 3.63) is 35.0 Å². The standard InChI is InChI=1S/C11H11IN2/c1-7-2-3-8-9(6-13)11(5-12)14-10(8)4-7/h2-4,6,13-14H,5H2,1H3. The lowest BCUT2D eigenvalue weighted by molar-refractivity contribution is 1.28. The molecule has 0 fully saturated rings. The van der Waals surface area contributed by atoms with Gasteiger partial charge < -0.3 is 10.4 Å². The fourth-order valence-corrected chi connectivity index (χ4v) is 2.26. The smallest absolute Gasteiger partial charge is 0.0465 e. The predicted molar refractivity (Wildman–Crippen MR) is 68.6 cm³/mol. The number of hydrogen-bond donors (Lipinski definition) is 2. The van der Waals surface area contributed by atoms with Crippen LogP contribution in [0.3, 0.4) is 0 Å². The number of aromatic amines is 1. The number of alkyl halides is 1. The largest absolute Gasteiger partial charge is 0.357 e. The topological polar surface area (TPSA) is 39.6 Å². The Bertz CT molecular complexity index is 485. The van der Waals surface area contributed by atoms with Crippen LogP contribution in [0.4, 0.5) is 0 Å². The Balaban J connectivity index is 2.79. The average Bonchev–Trinajstić information content (AvgIpc) is 2.54. The molecule has 1 aromatic carbocycles. The molecule has 0 saturated heterocycles. The summed E-state index contributed by atoms with van der Waals surface area (Å²) in [7, 11) is 0. The van der Waals surface area contributed by atoms with E-state index in [1.54, 1.807) is 0 Å². The second kappa shape index (κ2) is 3.73. The number of aromatic nitrogens is 1. The minimum absolute atomic E-state index is 0.913. The molecule has 2 nitrogen and oxygen atoms in total. The van der Waals surface area contributed by atoms with Crippen LogP contribution in [0.15, 0.2) is 18.2 Å². The minimum atomic E-state index is 0.913. The lowest BCUT2D eigenvalue weighted by Crippen LogP contribution is -1.84. The van der Waals surface area contributed by atoms with Crippen LogP contribution < -0.4 is 0 Å². The highest BCUT2D eigenvalue weighted by Crippen LogP contribution is 2.23. The van der Waals surface area contributed by atoms with Crippen molar-refractivity contribution in [2.24, 2.45) is 0 Å². The van der Waals surface area contributed by atoms with Crippen molar-refractivity contribution in [1.29, 1.82) is 5.41 Å². The number of aryl methyl sites for hydroxylation is 1. The quantitative estimate of drug-likeness (QED) is 0.484. The molecular formula is C11H11IN2. The van der Waals surface area contributed by atoms with Gasteiger partial charge in [0.15, 0.2) is 0 Å². The highest BCUT2D eigenvalue weighted by atomic mass is 127. The Kier molecular flexibility index (Phi) is 2.58. The molecule has 0 aliphatic heterocycles. The summed E-state index contributed by atoms with van der Waals surface area (Å²) in [5.74, 6) is 0. The van der Waals surface area contributed by atoms with Crippen LogP contribution >= 0.6 is 22.6 Å². The van der Waals surface area contributed by atoms with Crippen LogP contribution in [0.25, 0.3) is 10.9 Å². The highest BCUT2D eigenvalue weighted by Gasteiger charge is 2.07. The molecule has 2 rings (SSSR count). The maximum Gasteiger partial charge on any atom is 0.0465 e. The first-order valence-electron chi connectivity index (χ1n) is 4.44. The molecule has 0 saturated carbocycles. The van der Waals surface area contributed by atoms with E-state index in [2.05, 4.69) is 52.7 Å². The van der Waals surface area contributed by atoms with Crippen molar-refractivity contribution in [2.75, 3.05) is 0 Å². The molecule has 0 aliphatic carbocycles. The van der Waals surface area contributed by atoms with Gasteiger partial charge in [-0.1, -0.05) is 34.7 Å². The lowest BCUT2D eigenvalue weighted by Gasteiger charge is -1.93. The summed E-state index contributed by atoms with van der Waals surface area (Å²) in [6.45, 7) is 2.08. The first-order chi connectivity index (χ1) is 6.76. The second-order valence-corrected chi connectivity index (χ2v) is 4.11. The molecule has 0 atom stereocenters. The molecule has 72 valence electrons. The number of hydrogen-bond acceptors (Lipinski definition) is 1. The van der Waals surface area contributed by atoms with E-state index < -0.39 is 0 Å². The summed E-state index contributed by atoms with van der Waals surface area (Å²) in [6, 6.07) is 6.29. The van der Waals surface area contributed by atoms with Gasteiger partial charge in [0.05, 0.1) is 0 Å². The maximum absolute atomic E-state index is 7.39. The van der Waals surface area contributed by atoms with Gasteiger partial charge in [0.25, 0.3) is 0 Å². The zero-order chi connectivity index (χ0) is 10.1. The first kappa shape index (κ1) is 9.71. The molecule has 2 aromatic rings. The molecule has 1 heterocycles. The van der Waals surface area contributed by atoms with Crippen LogP contribution in [-0.2, 0) is 4.43 Å². The number of halogens is 1. The summed E-state index contributed by atoms with van der Waals surface area (Å²) >= 11 is 2.31. The molecule has 0 spiro atoms. The third-order valence-corrected chi connectivity index (χ3v) is 3.12. The fraction of sp³-hybridized carbons (Fsp3) is 0.182. The Labute approximate surface area is 96.4 Å². The van der Waals surface area contributed by atoms with E-state index in [9.17, 15) is 0 Å². The van der Waals surface area contributed by atoms with Gasteiger partial charge in [0.2, 0.25) is 0 Å². The third-order valence-electron chi connectivity index (χ3n) is 2.35. The summed E-state index contributed by atoms with van der Waals surface area (Å²) in [5, 5.41) is 8.54. The molecule has 14 heavy (non-hydrogen) atoms. The summed E-state index contributed by atoms with van der Waals surface area (Å²) in [4.78, 5) is 3.35. The van der Waals surface area contributed by atoms with Gasteiger partial charge in [-0.25, -0.2) is 0 Å². The molecule has 0 aliphatic rings. The van der Waals surface area contributed by atoms with Crippen LogP contribution in [0.2, 0.25) is 0 Å². The van der Waals surface area contributed by atoms with E-state index in [4.69, 9.17) is 5.41 Å². The van der Waals surface area contributed by atoms with Crippen molar-refractivity contribution in [2.45, 2.75) is 11.4 Å². The monoisotopic (exact) mass is 298 g/mol. The van der Waals surface area contributed by atoms with Crippen LogP contribution in [0.1, 0.15) is 16.8 Å². The van der Waals surface area contributed by atoms with Crippen LogP contribution in [-0.4, -0.2) is 11.2 Å². The van der Waals surface area contributed by atoms with Crippen molar-refractivity contribution in [1.82, 2.24) is 4.98 Å². The zero-order valence-electron chi connectivity index (χ0n) is 7.89. The SMILES string of the molecule is Cc1ccc2c(C=N)c(CI)[nH]c2c1. The van der Waals surface area contributed by atoms with Crippen molar-refractivity contribution in [3.63, 3.8) is 0 Å². The molecule has 0 unspecified atom stereocenters. The van der Waals surface area contributed by atoms with Gasteiger partial charge in [-0.2, -0.15) is 0 Å². The molecular weight excluding hydrogens is 287 g/mol. The summed E-state index contributed by atoms with van der Waals surface area (Å²) in [6.07, 6.45) is 1.43. The number of nitrogens with one attached hydrogen (secondary N) is 2. The summed E-state index contributed by atoms with van der Waals surface area (Å²) in [5.41, 5.74) is 4.54.